The van der Waals surface area contributed by atoms with E-state index in [-0.39, 0.29) is 11.2 Å². The molecule has 0 unspecified atom stereocenters. The summed E-state index contributed by atoms with van der Waals surface area (Å²) in [5.74, 6) is 0. The fourth-order valence-corrected chi connectivity index (χ4v) is 2.09. The lowest BCUT2D eigenvalue weighted by Crippen LogP contribution is -2.41. The number of hydrogen-bond donors (Lipinski definition) is 0. The fraction of sp³-hybridized carbons (Fsp3) is 0.462. The standard InChI is InChI=1S/C13H15BBrNO2/c1-12(2)13(3,4)18-14(17-12)10-5-6-11(15)9(7-10)8-16/h5-7H,1-4H3. The third kappa shape index (κ3) is 2.21. The predicted octanol–water partition coefficient (Wildman–Crippen LogP) is 2.62. The quantitative estimate of drug-likeness (QED) is 0.749. The van der Waals surface area contributed by atoms with Crippen molar-refractivity contribution >= 4 is 28.5 Å². The molecular formula is C13H15BBrNO2. The van der Waals surface area contributed by atoms with Crippen molar-refractivity contribution in [2.45, 2.75) is 38.9 Å². The van der Waals surface area contributed by atoms with Crippen LogP contribution in [0, 0.1) is 11.3 Å². The number of halogens is 1. The molecule has 94 valence electrons. The molecule has 0 N–H and O–H groups in total. The molecule has 0 saturated carbocycles. The molecule has 18 heavy (non-hydrogen) atoms. The molecule has 0 amide bonds. The lowest BCUT2D eigenvalue weighted by atomic mass is 9.78. The third-order valence-electron chi connectivity index (χ3n) is 3.64. The first-order chi connectivity index (χ1) is 8.27. The Bertz CT molecular complexity index is 506. The lowest BCUT2D eigenvalue weighted by molar-refractivity contribution is 0.00578. The summed E-state index contributed by atoms with van der Waals surface area (Å²) in [6.07, 6.45) is 0. The average molecular weight is 308 g/mol. The minimum Gasteiger partial charge on any atom is -0.399 e. The Balaban J connectivity index is 2.33. The minimum absolute atomic E-state index is 0.364. The molecule has 1 heterocycles. The second kappa shape index (κ2) is 4.38. The zero-order valence-electron chi connectivity index (χ0n) is 11.0. The highest BCUT2D eigenvalue weighted by atomic mass is 79.9. The molecule has 0 atom stereocenters. The lowest BCUT2D eigenvalue weighted by Gasteiger charge is -2.32. The van der Waals surface area contributed by atoms with Gasteiger partial charge in [-0.25, -0.2) is 0 Å². The summed E-state index contributed by atoms with van der Waals surface area (Å²) in [5, 5.41) is 9.03. The van der Waals surface area contributed by atoms with Crippen LogP contribution >= 0.6 is 15.9 Å². The molecule has 1 aliphatic rings. The fourth-order valence-electron chi connectivity index (χ4n) is 1.75. The minimum atomic E-state index is -0.421. The van der Waals surface area contributed by atoms with Gasteiger partial charge in [0.2, 0.25) is 0 Å². The van der Waals surface area contributed by atoms with Gasteiger partial charge in [-0.05, 0) is 61.2 Å². The molecule has 1 saturated heterocycles. The summed E-state index contributed by atoms with van der Waals surface area (Å²) in [6, 6.07) is 7.70. The predicted molar refractivity (Wildman–Crippen MR) is 74.6 cm³/mol. The smallest absolute Gasteiger partial charge is 0.399 e. The summed E-state index contributed by atoms with van der Waals surface area (Å²) in [5.41, 5.74) is 0.727. The van der Waals surface area contributed by atoms with Gasteiger partial charge in [-0.15, -0.1) is 0 Å². The number of nitriles is 1. The van der Waals surface area contributed by atoms with Gasteiger partial charge in [-0.3, -0.25) is 0 Å². The monoisotopic (exact) mass is 307 g/mol. The van der Waals surface area contributed by atoms with Gasteiger partial charge in [0.05, 0.1) is 16.8 Å². The van der Waals surface area contributed by atoms with Crippen LogP contribution in [0.5, 0.6) is 0 Å². The van der Waals surface area contributed by atoms with Crippen molar-refractivity contribution in [2.75, 3.05) is 0 Å². The van der Waals surface area contributed by atoms with Gasteiger partial charge in [0, 0.05) is 4.47 Å². The van der Waals surface area contributed by atoms with Crippen molar-refractivity contribution in [1.82, 2.24) is 0 Å². The maximum atomic E-state index is 9.03. The first kappa shape index (κ1) is 13.6. The summed E-state index contributed by atoms with van der Waals surface area (Å²) in [7, 11) is -0.421. The van der Waals surface area contributed by atoms with Crippen molar-refractivity contribution in [1.29, 1.82) is 5.26 Å². The van der Waals surface area contributed by atoms with Crippen LogP contribution in [0.25, 0.3) is 0 Å². The zero-order chi connectivity index (χ0) is 13.6. The maximum absolute atomic E-state index is 9.03. The van der Waals surface area contributed by atoms with Gasteiger partial charge in [0.1, 0.15) is 6.07 Å². The van der Waals surface area contributed by atoms with Crippen molar-refractivity contribution in [3.8, 4) is 6.07 Å². The Kier molecular flexibility index (Phi) is 3.31. The molecule has 1 aromatic rings. The Morgan fingerprint density at radius 3 is 2.22 bits per heavy atom. The maximum Gasteiger partial charge on any atom is 0.494 e. The molecule has 1 fully saturated rings. The van der Waals surface area contributed by atoms with E-state index in [1.54, 1.807) is 6.07 Å². The average Bonchev–Trinajstić information content (AvgIpc) is 2.49. The summed E-state index contributed by atoms with van der Waals surface area (Å²) < 4.78 is 12.7. The molecule has 0 radical (unpaired) electrons. The first-order valence-corrected chi connectivity index (χ1v) is 6.61. The molecule has 2 rings (SSSR count). The van der Waals surface area contributed by atoms with E-state index in [9.17, 15) is 0 Å². The molecule has 0 spiro atoms. The Morgan fingerprint density at radius 2 is 1.72 bits per heavy atom. The number of nitrogens with zero attached hydrogens (tertiary/aromatic N) is 1. The van der Waals surface area contributed by atoms with Crippen LogP contribution in [-0.4, -0.2) is 18.3 Å². The van der Waals surface area contributed by atoms with Gasteiger partial charge in [-0.1, -0.05) is 6.07 Å². The van der Waals surface area contributed by atoms with Gasteiger partial charge in [0.15, 0.2) is 0 Å². The summed E-state index contributed by atoms with van der Waals surface area (Å²) in [6.45, 7) is 8.04. The van der Waals surface area contributed by atoms with E-state index in [4.69, 9.17) is 14.6 Å². The van der Waals surface area contributed by atoms with E-state index in [1.807, 2.05) is 39.8 Å². The van der Waals surface area contributed by atoms with Crippen LogP contribution in [-0.2, 0) is 9.31 Å². The van der Waals surface area contributed by atoms with Gasteiger partial charge < -0.3 is 9.31 Å². The summed E-state index contributed by atoms with van der Waals surface area (Å²) in [4.78, 5) is 0. The molecule has 1 aliphatic heterocycles. The van der Waals surface area contributed by atoms with E-state index in [1.165, 1.54) is 0 Å². The van der Waals surface area contributed by atoms with Crippen LogP contribution in [0.1, 0.15) is 33.3 Å². The second-order valence-corrected chi connectivity index (χ2v) is 6.29. The van der Waals surface area contributed by atoms with E-state index in [0.29, 0.717) is 5.56 Å². The molecule has 5 heteroatoms. The van der Waals surface area contributed by atoms with Crippen LogP contribution in [0.3, 0.4) is 0 Å². The molecular weight excluding hydrogens is 293 g/mol. The van der Waals surface area contributed by atoms with Crippen molar-refractivity contribution < 1.29 is 9.31 Å². The van der Waals surface area contributed by atoms with Crippen molar-refractivity contribution in [2.24, 2.45) is 0 Å². The SMILES string of the molecule is CC1(C)OB(c2ccc(Br)c(C#N)c2)OC1(C)C. The molecule has 0 bridgehead atoms. The summed E-state index contributed by atoms with van der Waals surface area (Å²) >= 11 is 3.34. The normalized spacial score (nSPS) is 20.8. The molecule has 1 aromatic carbocycles. The topological polar surface area (TPSA) is 42.2 Å². The van der Waals surface area contributed by atoms with Gasteiger partial charge in [-0.2, -0.15) is 5.26 Å². The number of rotatable bonds is 1. The Labute approximate surface area is 116 Å². The van der Waals surface area contributed by atoms with Crippen molar-refractivity contribution in [3.63, 3.8) is 0 Å². The Morgan fingerprint density at radius 1 is 1.17 bits per heavy atom. The number of benzene rings is 1. The largest absolute Gasteiger partial charge is 0.494 e. The van der Waals surface area contributed by atoms with Crippen LogP contribution in [0.2, 0.25) is 0 Å². The molecule has 3 nitrogen and oxygen atoms in total. The van der Waals surface area contributed by atoms with Crippen LogP contribution in [0.15, 0.2) is 22.7 Å². The highest BCUT2D eigenvalue weighted by molar-refractivity contribution is 9.10. The van der Waals surface area contributed by atoms with E-state index < -0.39 is 7.12 Å². The first-order valence-electron chi connectivity index (χ1n) is 5.82. The highest BCUT2D eigenvalue weighted by Gasteiger charge is 2.51. The van der Waals surface area contributed by atoms with Gasteiger partial charge >= 0.3 is 7.12 Å². The molecule has 0 aromatic heterocycles. The van der Waals surface area contributed by atoms with Crippen molar-refractivity contribution in [3.05, 3.63) is 28.2 Å². The second-order valence-electron chi connectivity index (χ2n) is 5.44. The number of hydrogen-bond acceptors (Lipinski definition) is 3. The van der Waals surface area contributed by atoms with Gasteiger partial charge in [0.25, 0.3) is 0 Å². The van der Waals surface area contributed by atoms with E-state index >= 15 is 0 Å². The van der Waals surface area contributed by atoms with Crippen LogP contribution < -0.4 is 5.46 Å². The molecule has 0 aliphatic carbocycles. The van der Waals surface area contributed by atoms with E-state index in [0.717, 1.165) is 9.94 Å². The van der Waals surface area contributed by atoms with E-state index in [2.05, 4.69) is 22.0 Å². The third-order valence-corrected chi connectivity index (χ3v) is 4.33. The Hall–Kier alpha value is -0.825. The zero-order valence-corrected chi connectivity index (χ0v) is 12.5. The van der Waals surface area contributed by atoms with Crippen LogP contribution in [0.4, 0.5) is 0 Å². The highest BCUT2D eigenvalue weighted by Crippen LogP contribution is 2.36.